The fourth-order valence-electron chi connectivity index (χ4n) is 2.03. The maximum Gasteiger partial charge on any atom is 0.102 e. The lowest BCUT2D eigenvalue weighted by Crippen LogP contribution is -2.42. The second-order valence-electron chi connectivity index (χ2n) is 4.09. The summed E-state index contributed by atoms with van der Waals surface area (Å²) in [5.74, 6) is 0. The van der Waals surface area contributed by atoms with E-state index in [-0.39, 0.29) is 12.2 Å². The van der Waals surface area contributed by atoms with Gasteiger partial charge in [0.05, 0.1) is 0 Å². The first-order valence-electron chi connectivity index (χ1n) is 5.08. The van der Waals surface area contributed by atoms with Crippen molar-refractivity contribution in [3.8, 4) is 0 Å². The molecule has 0 bridgehead atoms. The molecule has 0 aliphatic heterocycles. The Morgan fingerprint density at radius 3 is 2.25 bits per heavy atom. The molecule has 2 heteroatoms. The summed E-state index contributed by atoms with van der Waals surface area (Å²) < 4.78 is 12.0. The van der Waals surface area contributed by atoms with E-state index in [0.717, 1.165) is 0 Å². The minimum Gasteiger partial charge on any atom is -0.309 e. The van der Waals surface area contributed by atoms with Crippen molar-refractivity contribution in [1.29, 1.82) is 0 Å². The molecule has 1 aliphatic rings. The van der Waals surface area contributed by atoms with Crippen LogP contribution in [0.15, 0.2) is 0 Å². The number of nitrogens with one attached hydrogen (secondary N) is 1. The maximum absolute atomic E-state index is 12.0. The number of halogens is 1. The van der Waals surface area contributed by atoms with Crippen LogP contribution in [-0.4, -0.2) is 18.8 Å². The highest BCUT2D eigenvalue weighted by molar-refractivity contribution is 4.84. The average molecular weight is 173 g/mol. The SMILES string of the molecule is CC1(NCCF)CCCCCC1. The normalized spacial score (nSPS) is 23.5. The van der Waals surface area contributed by atoms with E-state index in [1.807, 2.05) is 0 Å². The predicted molar refractivity (Wildman–Crippen MR) is 50.1 cm³/mol. The van der Waals surface area contributed by atoms with Gasteiger partial charge in [0, 0.05) is 12.1 Å². The van der Waals surface area contributed by atoms with E-state index in [9.17, 15) is 4.39 Å². The smallest absolute Gasteiger partial charge is 0.102 e. The third-order valence-corrected chi connectivity index (χ3v) is 2.85. The molecule has 0 heterocycles. The van der Waals surface area contributed by atoms with Gasteiger partial charge in [0.25, 0.3) is 0 Å². The highest BCUT2D eigenvalue weighted by Gasteiger charge is 2.23. The van der Waals surface area contributed by atoms with Crippen LogP contribution < -0.4 is 5.32 Å². The zero-order chi connectivity index (χ0) is 8.86. The van der Waals surface area contributed by atoms with Crippen LogP contribution in [0.1, 0.15) is 45.4 Å². The highest BCUT2D eigenvalue weighted by atomic mass is 19.1. The molecule has 1 N–H and O–H groups in total. The lowest BCUT2D eigenvalue weighted by atomic mass is 9.93. The molecule has 0 aromatic rings. The second-order valence-corrected chi connectivity index (χ2v) is 4.09. The first kappa shape index (κ1) is 9.97. The van der Waals surface area contributed by atoms with Gasteiger partial charge >= 0.3 is 0 Å². The Balaban J connectivity index is 2.32. The van der Waals surface area contributed by atoms with Gasteiger partial charge in [-0.15, -0.1) is 0 Å². The molecule has 1 aliphatic carbocycles. The molecule has 1 saturated carbocycles. The molecule has 12 heavy (non-hydrogen) atoms. The third-order valence-electron chi connectivity index (χ3n) is 2.85. The lowest BCUT2D eigenvalue weighted by molar-refractivity contribution is 0.298. The van der Waals surface area contributed by atoms with Crippen LogP contribution in [-0.2, 0) is 0 Å². The van der Waals surface area contributed by atoms with Gasteiger partial charge in [-0.2, -0.15) is 0 Å². The van der Waals surface area contributed by atoms with E-state index in [1.165, 1.54) is 38.5 Å². The summed E-state index contributed by atoms with van der Waals surface area (Å²) >= 11 is 0. The summed E-state index contributed by atoms with van der Waals surface area (Å²) in [5.41, 5.74) is 0.225. The zero-order valence-corrected chi connectivity index (χ0v) is 8.03. The van der Waals surface area contributed by atoms with Crippen LogP contribution >= 0.6 is 0 Å². The van der Waals surface area contributed by atoms with Gasteiger partial charge in [0.1, 0.15) is 6.67 Å². The quantitative estimate of drug-likeness (QED) is 0.647. The van der Waals surface area contributed by atoms with Gasteiger partial charge in [-0.3, -0.25) is 0 Å². The number of hydrogen-bond acceptors (Lipinski definition) is 1. The molecule has 72 valence electrons. The van der Waals surface area contributed by atoms with Crippen molar-refractivity contribution in [2.24, 2.45) is 0 Å². The average Bonchev–Trinajstić information content (AvgIpc) is 2.27. The van der Waals surface area contributed by atoms with Gasteiger partial charge < -0.3 is 5.32 Å². The molecule has 0 aromatic heterocycles. The molecule has 1 fully saturated rings. The maximum atomic E-state index is 12.0. The summed E-state index contributed by atoms with van der Waals surface area (Å²) in [4.78, 5) is 0. The topological polar surface area (TPSA) is 12.0 Å². The summed E-state index contributed by atoms with van der Waals surface area (Å²) in [6, 6.07) is 0. The minimum atomic E-state index is -0.240. The Morgan fingerprint density at radius 1 is 1.17 bits per heavy atom. The molecule has 0 spiro atoms. The molecular formula is C10H20FN. The third kappa shape index (κ3) is 3.10. The lowest BCUT2D eigenvalue weighted by Gasteiger charge is -2.29. The van der Waals surface area contributed by atoms with Crippen molar-refractivity contribution in [3.05, 3.63) is 0 Å². The predicted octanol–water partition coefficient (Wildman–Crippen LogP) is 2.66. The fourth-order valence-corrected chi connectivity index (χ4v) is 2.03. The van der Waals surface area contributed by atoms with Crippen molar-refractivity contribution in [1.82, 2.24) is 5.32 Å². The Hall–Kier alpha value is -0.110. The minimum absolute atomic E-state index is 0.225. The Kier molecular flexibility index (Phi) is 3.99. The van der Waals surface area contributed by atoms with E-state index in [1.54, 1.807) is 0 Å². The second kappa shape index (κ2) is 4.80. The first-order chi connectivity index (χ1) is 5.77. The Labute approximate surface area is 74.7 Å². The molecule has 0 aromatic carbocycles. The molecule has 0 unspecified atom stereocenters. The molecule has 0 saturated heterocycles. The summed E-state index contributed by atoms with van der Waals surface area (Å²) in [7, 11) is 0. The van der Waals surface area contributed by atoms with Crippen molar-refractivity contribution < 1.29 is 4.39 Å². The standard InChI is InChI=1S/C10H20FN/c1-10(12-9-8-11)6-4-2-3-5-7-10/h12H,2-9H2,1H3. The number of rotatable bonds is 3. The van der Waals surface area contributed by atoms with Crippen LogP contribution in [0.4, 0.5) is 4.39 Å². The first-order valence-corrected chi connectivity index (χ1v) is 5.08. The van der Waals surface area contributed by atoms with E-state index in [0.29, 0.717) is 6.54 Å². The molecule has 1 rings (SSSR count). The van der Waals surface area contributed by atoms with Gasteiger partial charge in [-0.05, 0) is 19.8 Å². The van der Waals surface area contributed by atoms with Gasteiger partial charge in [0.2, 0.25) is 0 Å². The van der Waals surface area contributed by atoms with Crippen molar-refractivity contribution >= 4 is 0 Å². The van der Waals surface area contributed by atoms with E-state index in [2.05, 4.69) is 12.2 Å². The summed E-state index contributed by atoms with van der Waals surface area (Å²) in [6.07, 6.45) is 7.74. The summed E-state index contributed by atoms with van der Waals surface area (Å²) in [5, 5.41) is 3.31. The van der Waals surface area contributed by atoms with E-state index in [4.69, 9.17) is 0 Å². The highest BCUT2D eigenvalue weighted by Crippen LogP contribution is 2.26. The molecule has 0 amide bonds. The summed E-state index contributed by atoms with van der Waals surface area (Å²) in [6.45, 7) is 2.51. The Morgan fingerprint density at radius 2 is 1.75 bits per heavy atom. The zero-order valence-electron chi connectivity index (χ0n) is 8.03. The van der Waals surface area contributed by atoms with Gasteiger partial charge in [0.15, 0.2) is 0 Å². The molecule has 0 atom stereocenters. The van der Waals surface area contributed by atoms with Gasteiger partial charge in [-0.1, -0.05) is 25.7 Å². The Bertz CT molecular complexity index is 117. The van der Waals surface area contributed by atoms with Crippen LogP contribution in [0.3, 0.4) is 0 Å². The van der Waals surface area contributed by atoms with Crippen molar-refractivity contribution in [3.63, 3.8) is 0 Å². The van der Waals surface area contributed by atoms with Crippen LogP contribution in [0.2, 0.25) is 0 Å². The largest absolute Gasteiger partial charge is 0.309 e. The number of hydrogen-bond donors (Lipinski definition) is 1. The molecule has 1 nitrogen and oxygen atoms in total. The fraction of sp³-hybridized carbons (Fsp3) is 1.00. The molecule has 0 radical (unpaired) electrons. The molecular weight excluding hydrogens is 153 g/mol. The van der Waals surface area contributed by atoms with Crippen molar-refractivity contribution in [2.75, 3.05) is 13.2 Å². The van der Waals surface area contributed by atoms with E-state index >= 15 is 0 Å². The monoisotopic (exact) mass is 173 g/mol. The van der Waals surface area contributed by atoms with Crippen LogP contribution in [0, 0.1) is 0 Å². The van der Waals surface area contributed by atoms with Crippen LogP contribution in [0.25, 0.3) is 0 Å². The van der Waals surface area contributed by atoms with Gasteiger partial charge in [-0.25, -0.2) is 4.39 Å². The number of alkyl halides is 1. The van der Waals surface area contributed by atoms with Crippen molar-refractivity contribution in [2.45, 2.75) is 51.0 Å². The van der Waals surface area contributed by atoms with Crippen LogP contribution in [0.5, 0.6) is 0 Å². The van der Waals surface area contributed by atoms with E-state index < -0.39 is 0 Å².